The van der Waals surface area contributed by atoms with Crippen molar-refractivity contribution in [2.75, 3.05) is 11.5 Å². The van der Waals surface area contributed by atoms with Gasteiger partial charge in [-0.05, 0) is 34.1 Å². The predicted octanol–water partition coefficient (Wildman–Crippen LogP) is 4.44. The summed E-state index contributed by atoms with van der Waals surface area (Å²) < 4.78 is 0.974. The Morgan fingerprint density at radius 1 is 1.57 bits per heavy atom. The summed E-state index contributed by atoms with van der Waals surface area (Å²) in [6.07, 6.45) is 0. The van der Waals surface area contributed by atoms with Crippen LogP contribution in [0.4, 0.5) is 5.69 Å². The minimum Gasteiger partial charge on any atom is -0.399 e. The van der Waals surface area contributed by atoms with Crippen molar-refractivity contribution in [3.63, 3.8) is 0 Å². The van der Waals surface area contributed by atoms with Crippen molar-refractivity contribution < 1.29 is 0 Å². The van der Waals surface area contributed by atoms with Gasteiger partial charge in [-0.15, -0.1) is 11.8 Å². The van der Waals surface area contributed by atoms with Crippen LogP contribution in [0, 0.1) is 0 Å². The standard InChI is InChI=1S/C9H8BrCl2NS/c10-8-3-7(13)1-2-9(8)14-5-6(12)4-11/h1-4H,5,13H2/b6-4-. The Bertz CT molecular complexity index is 355. The van der Waals surface area contributed by atoms with E-state index in [1.54, 1.807) is 11.8 Å². The average Bonchev–Trinajstić information content (AvgIpc) is 2.16. The lowest BCUT2D eigenvalue weighted by atomic mass is 10.3. The first-order valence-corrected chi connectivity index (χ1v) is 6.35. The van der Waals surface area contributed by atoms with E-state index in [-0.39, 0.29) is 0 Å². The van der Waals surface area contributed by atoms with Gasteiger partial charge in [-0.3, -0.25) is 0 Å². The molecular formula is C9H8BrCl2NS. The molecule has 0 aliphatic rings. The van der Waals surface area contributed by atoms with Crippen molar-refractivity contribution in [2.24, 2.45) is 0 Å². The number of hydrogen-bond donors (Lipinski definition) is 1. The number of thioether (sulfide) groups is 1. The van der Waals surface area contributed by atoms with Gasteiger partial charge < -0.3 is 5.73 Å². The average molecular weight is 313 g/mol. The normalized spacial score (nSPS) is 11.8. The van der Waals surface area contributed by atoms with Crippen molar-refractivity contribution in [1.29, 1.82) is 0 Å². The summed E-state index contributed by atoms with van der Waals surface area (Å²) in [5, 5.41) is 0.625. The molecule has 0 spiro atoms. The molecule has 0 aromatic heterocycles. The van der Waals surface area contributed by atoms with Crippen molar-refractivity contribution in [3.05, 3.63) is 33.2 Å². The molecule has 1 aromatic rings. The maximum absolute atomic E-state index is 5.77. The Morgan fingerprint density at radius 2 is 2.29 bits per heavy atom. The number of nitrogens with two attached hydrogens (primary N) is 1. The molecule has 1 aromatic carbocycles. The Balaban J connectivity index is 2.68. The minimum atomic E-state index is 0.625. The number of benzene rings is 1. The fraction of sp³-hybridized carbons (Fsp3) is 0.111. The highest BCUT2D eigenvalue weighted by Crippen LogP contribution is 2.30. The third-order valence-electron chi connectivity index (χ3n) is 1.44. The van der Waals surface area contributed by atoms with E-state index in [4.69, 9.17) is 28.9 Å². The first-order chi connectivity index (χ1) is 6.63. The van der Waals surface area contributed by atoms with Crippen LogP contribution >= 0.6 is 50.9 Å². The number of nitrogen functional groups attached to an aromatic ring is 1. The summed E-state index contributed by atoms with van der Waals surface area (Å²) in [6.45, 7) is 0. The summed E-state index contributed by atoms with van der Waals surface area (Å²) in [7, 11) is 0. The summed E-state index contributed by atoms with van der Waals surface area (Å²) in [4.78, 5) is 1.09. The Labute approximate surface area is 106 Å². The second-order valence-corrected chi connectivity index (χ2v) is 5.11. The van der Waals surface area contributed by atoms with E-state index < -0.39 is 0 Å². The highest BCUT2D eigenvalue weighted by Gasteiger charge is 2.01. The minimum absolute atomic E-state index is 0.625. The molecule has 0 heterocycles. The summed E-state index contributed by atoms with van der Waals surface area (Å²) >= 11 is 16.2. The Morgan fingerprint density at radius 3 is 2.86 bits per heavy atom. The largest absolute Gasteiger partial charge is 0.399 e. The predicted molar refractivity (Wildman–Crippen MR) is 69.1 cm³/mol. The zero-order valence-corrected chi connectivity index (χ0v) is 11.1. The molecule has 0 bridgehead atoms. The monoisotopic (exact) mass is 311 g/mol. The van der Waals surface area contributed by atoms with Crippen LogP contribution in [-0.4, -0.2) is 5.75 Å². The van der Waals surface area contributed by atoms with Gasteiger partial charge in [0.1, 0.15) is 0 Å². The second kappa shape index (κ2) is 5.91. The first-order valence-electron chi connectivity index (χ1n) is 3.76. The van der Waals surface area contributed by atoms with Crippen molar-refractivity contribution >= 4 is 56.6 Å². The lowest BCUT2D eigenvalue weighted by Gasteiger charge is -2.04. The topological polar surface area (TPSA) is 26.0 Å². The van der Waals surface area contributed by atoms with Gasteiger partial charge >= 0.3 is 0 Å². The van der Waals surface area contributed by atoms with Crippen molar-refractivity contribution in [2.45, 2.75) is 4.90 Å². The van der Waals surface area contributed by atoms with Gasteiger partial charge in [0.2, 0.25) is 0 Å². The van der Waals surface area contributed by atoms with Gasteiger partial charge in [0.15, 0.2) is 0 Å². The van der Waals surface area contributed by atoms with Crippen LogP contribution in [0.1, 0.15) is 0 Å². The molecule has 0 amide bonds. The Hall–Kier alpha value is 0.170. The molecule has 14 heavy (non-hydrogen) atoms. The van der Waals surface area contributed by atoms with Crippen LogP contribution in [-0.2, 0) is 0 Å². The SMILES string of the molecule is Nc1ccc(SC/C(Cl)=C/Cl)c(Br)c1. The molecule has 2 N–H and O–H groups in total. The van der Waals surface area contributed by atoms with Gasteiger partial charge in [-0.1, -0.05) is 23.2 Å². The van der Waals surface area contributed by atoms with E-state index >= 15 is 0 Å². The molecular weight excluding hydrogens is 305 g/mol. The van der Waals surface area contributed by atoms with Crippen LogP contribution < -0.4 is 5.73 Å². The van der Waals surface area contributed by atoms with Crippen LogP contribution in [0.15, 0.2) is 38.1 Å². The molecule has 0 radical (unpaired) electrons. The smallest absolute Gasteiger partial charge is 0.0396 e. The maximum Gasteiger partial charge on any atom is 0.0396 e. The molecule has 0 aliphatic carbocycles. The van der Waals surface area contributed by atoms with Crippen LogP contribution in [0.2, 0.25) is 0 Å². The van der Waals surface area contributed by atoms with Crippen LogP contribution in [0.3, 0.4) is 0 Å². The number of halogens is 3. The molecule has 0 atom stereocenters. The fourth-order valence-electron chi connectivity index (χ4n) is 0.812. The van der Waals surface area contributed by atoms with Gasteiger partial charge in [0, 0.05) is 31.4 Å². The zero-order chi connectivity index (χ0) is 10.6. The summed E-state index contributed by atoms with van der Waals surface area (Å²) in [5.74, 6) is 0.660. The molecule has 5 heteroatoms. The Kier molecular flexibility index (Phi) is 5.17. The highest BCUT2D eigenvalue weighted by atomic mass is 79.9. The second-order valence-electron chi connectivity index (χ2n) is 2.53. The molecule has 0 unspecified atom stereocenters. The van der Waals surface area contributed by atoms with Crippen molar-refractivity contribution in [3.8, 4) is 0 Å². The third kappa shape index (κ3) is 3.73. The molecule has 0 aliphatic heterocycles. The third-order valence-corrected chi connectivity index (χ3v) is 4.26. The van der Waals surface area contributed by atoms with E-state index in [1.807, 2.05) is 18.2 Å². The van der Waals surface area contributed by atoms with Gasteiger partial charge in [0.25, 0.3) is 0 Å². The van der Waals surface area contributed by atoms with Crippen LogP contribution in [0.5, 0.6) is 0 Å². The van der Waals surface area contributed by atoms with E-state index in [0.717, 1.165) is 15.1 Å². The first kappa shape index (κ1) is 12.2. The van der Waals surface area contributed by atoms with E-state index in [9.17, 15) is 0 Å². The molecule has 0 saturated heterocycles. The van der Waals surface area contributed by atoms with Gasteiger partial charge in [-0.25, -0.2) is 0 Å². The van der Waals surface area contributed by atoms with E-state index in [0.29, 0.717) is 10.8 Å². The molecule has 0 fully saturated rings. The zero-order valence-electron chi connectivity index (χ0n) is 7.14. The number of hydrogen-bond acceptors (Lipinski definition) is 2. The summed E-state index contributed by atoms with van der Waals surface area (Å²) in [6, 6.07) is 5.66. The number of rotatable bonds is 3. The quantitative estimate of drug-likeness (QED) is 0.659. The van der Waals surface area contributed by atoms with Crippen LogP contribution in [0.25, 0.3) is 0 Å². The number of anilines is 1. The maximum atomic E-state index is 5.77. The molecule has 76 valence electrons. The highest BCUT2D eigenvalue weighted by molar-refractivity contribution is 9.10. The molecule has 0 saturated carbocycles. The molecule has 1 nitrogen and oxygen atoms in total. The summed E-state index contributed by atoms with van der Waals surface area (Å²) in [5.41, 5.74) is 7.72. The van der Waals surface area contributed by atoms with Crippen molar-refractivity contribution in [1.82, 2.24) is 0 Å². The lowest BCUT2D eigenvalue weighted by Crippen LogP contribution is -1.85. The van der Waals surface area contributed by atoms with E-state index in [1.165, 1.54) is 5.54 Å². The molecule has 1 rings (SSSR count). The fourth-order valence-corrected chi connectivity index (χ4v) is 2.62. The van der Waals surface area contributed by atoms with Gasteiger partial charge in [0.05, 0.1) is 0 Å². The lowest BCUT2D eigenvalue weighted by molar-refractivity contribution is 1.40. The van der Waals surface area contributed by atoms with E-state index in [2.05, 4.69) is 15.9 Å². The van der Waals surface area contributed by atoms with Gasteiger partial charge in [-0.2, -0.15) is 0 Å².